The first-order chi connectivity index (χ1) is 14.6. The van der Waals surface area contributed by atoms with Crippen molar-refractivity contribution in [2.24, 2.45) is 5.92 Å². The molecule has 0 unspecified atom stereocenters. The third kappa shape index (κ3) is 5.43. The summed E-state index contributed by atoms with van der Waals surface area (Å²) in [5, 5.41) is 3.01. The van der Waals surface area contributed by atoms with E-state index in [1.165, 1.54) is 6.08 Å². The molecule has 2 aromatic rings. The van der Waals surface area contributed by atoms with Crippen LogP contribution in [0.2, 0.25) is 0 Å². The standard InChI is InChI=1S/C23H29N3O4/c1-28-19-14-18(15-20(29-2)23(19)30-3)7-8-22(27)25-16-17-9-12-26(13-10-17)21-6-4-5-11-24-21/h4-8,11,14-15,17H,9-10,12-13,16H2,1-3H3,(H,25,27)/b8-7+. The van der Waals surface area contributed by atoms with Gasteiger partial charge >= 0.3 is 0 Å². The number of anilines is 1. The number of carbonyl (C=O) groups excluding carboxylic acids is 1. The molecule has 1 saturated heterocycles. The highest BCUT2D eigenvalue weighted by atomic mass is 16.5. The van der Waals surface area contributed by atoms with Crippen LogP contribution in [-0.2, 0) is 4.79 Å². The summed E-state index contributed by atoms with van der Waals surface area (Å²) >= 11 is 0. The number of nitrogens with zero attached hydrogens (tertiary/aromatic N) is 2. The molecule has 7 nitrogen and oxygen atoms in total. The van der Waals surface area contributed by atoms with Crippen LogP contribution in [0.3, 0.4) is 0 Å². The summed E-state index contributed by atoms with van der Waals surface area (Å²) in [7, 11) is 4.69. The lowest BCUT2D eigenvalue weighted by Crippen LogP contribution is -2.38. The summed E-state index contributed by atoms with van der Waals surface area (Å²) in [4.78, 5) is 19.0. The SMILES string of the molecule is COc1cc(/C=C/C(=O)NCC2CCN(c3ccccn3)CC2)cc(OC)c1OC. The van der Waals surface area contributed by atoms with E-state index in [-0.39, 0.29) is 5.91 Å². The molecule has 1 N–H and O–H groups in total. The fourth-order valence-electron chi connectivity index (χ4n) is 3.58. The van der Waals surface area contributed by atoms with Crippen LogP contribution < -0.4 is 24.4 Å². The van der Waals surface area contributed by atoms with E-state index in [0.29, 0.717) is 29.7 Å². The van der Waals surface area contributed by atoms with Crippen molar-refractivity contribution in [2.45, 2.75) is 12.8 Å². The van der Waals surface area contributed by atoms with Crippen molar-refractivity contribution >= 4 is 17.8 Å². The summed E-state index contributed by atoms with van der Waals surface area (Å²) in [6.45, 7) is 2.59. The minimum atomic E-state index is -0.115. The van der Waals surface area contributed by atoms with E-state index in [1.807, 2.05) is 24.4 Å². The number of pyridine rings is 1. The molecule has 1 amide bonds. The minimum Gasteiger partial charge on any atom is -0.493 e. The summed E-state index contributed by atoms with van der Waals surface area (Å²) in [5.74, 6) is 3.01. The normalized spacial score (nSPS) is 14.6. The van der Waals surface area contributed by atoms with E-state index in [0.717, 1.165) is 37.3 Å². The number of hydrogen-bond donors (Lipinski definition) is 1. The quantitative estimate of drug-likeness (QED) is 0.673. The number of piperidine rings is 1. The monoisotopic (exact) mass is 411 g/mol. The molecular formula is C23H29N3O4. The van der Waals surface area contributed by atoms with Crippen LogP contribution in [0.25, 0.3) is 6.08 Å². The van der Waals surface area contributed by atoms with Crippen LogP contribution in [0.5, 0.6) is 17.2 Å². The van der Waals surface area contributed by atoms with E-state index in [9.17, 15) is 4.79 Å². The molecule has 0 radical (unpaired) electrons. The predicted octanol–water partition coefficient (Wildman–Crippen LogP) is 3.15. The van der Waals surface area contributed by atoms with Gasteiger partial charge in [-0.15, -0.1) is 0 Å². The lowest BCUT2D eigenvalue weighted by molar-refractivity contribution is -0.116. The van der Waals surface area contributed by atoms with Crippen molar-refractivity contribution in [3.8, 4) is 17.2 Å². The Hall–Kier alpha value is -3.22. The average Bonchev–Trinajstić information content (AvgIpc) is 2.81. The Balaban J connectivity index is 1.50. The van der Waals surface area contributed by atoms with Gasteiger partial charge in [0.05, 0.1) is 21.3 Å². The number of benzene rings is 1. The Morgan fingerprint density at radius 1 is 1.13 bits per heavy atom. The zero-order chi connectivity index (χ0) is 21.3. The molecule has 0 atom stereocenters. The Kier molecular flexibility index (Phi) is 7.54. The van der Waals surface area contributed by atoms with E-state index in [4.69, 9.17) is 14.2 Å². The molecule has 0 aliphatic carbocycles. The number of methoxy groups -OCH3 is 3. The third-order valence-electron chi connectivity index (χ3n) is 5.27. The van der Waals surface area contributed by atoms with Gasteiger partial charge in [0.15, 0.2) is 11.5 Å². The van der Waals surface area contributed by atoms with Gasteiger partial charge in [0.25, 0.3) is 0 Å². The molecule has 7 heteroatoms. The Bertz CT molecular complexity index is 837. The maximum Gasteiger partial charge on any atom is 0.244 e. The van der Waals surface area contributed by atoms with Crippen molar-refractivity contribution < 1.29 is 19.0 Å². The first-order valence-corrected chi connectivity index (χ1v) is 10.1. The van der Waals surface area contributed by atoms with Gasteiger partial charge in [-0.1, -0.05) is 6.07 Å². The molecule has 0 saturated carbocycles. The fourth-order valence-corrected chi connectivity index (χ4v) is 3.58. The zero-order valence-corrected chi connectivity index (χ0v) is 17.8. The number of rotatable bonds is 8. The van der Waals surface area contributed by atoms with E-state index >= 15 is 0 Å². The fraction of sp³-hybridized carbons (Fsp3) is 0.391. The summed E-state index contributed by atoms with van der Waals surface area (Å²) in [6, 6.07) is 9.58. The van der Waals surface area contributed by atoms with Gasteiger partial charge in [0.2, 0.25) is 11.7 Å². The molecule has 1 aliphatic heterocycles. The lowest BCUT2D eigenvalue weighted by Gasteiger charge is -2.32. The summed E-state index contributed by atoms with van der Waals surface area (Å²) in [5.41, 5.74) is 0.795. The lowest BCUT2D eigenvalue weighted by atomic mass is 9.97. The molecule has 3 rings (SSSR count). The number of nitrogens with one attached hydrogen (secondary N) is 1. The average molecular weight is 412 g/mol. The first-order valence-electron chi connectivity index (χ1n) is 10.1. The van der Waals surface area contributed by atoms with Crippen LogP contribution in [0, 0.1) is 5.92 Å². The second-order valence-electron chi connectivity index (χ2n) is 7.16. The second-order valence-corrected chi connectivity index (χ2v) is 7.16. The van der Waals surface area contributed by atoms with Gasteiger partial charge in [-0.05, 0) is 54.7 Å². The summed E-state index contributed by atoms with van der Waals surface area (Å²) < 4.78 is 16.0. The number of aromatic nitrogens is 1. The predicted molar refractivity (Wildman–Crippen MR) is 117 cm³/mol. The zero-order valence-electron chi connectivity index (χ0n) is 17.8. The topological polar surface area (TPSA) is 72.9 Å². The number of ether oxygens (including phenoxy) is 3. The molecule has 160 valence electrons. The van der Waals surface area contributed by atoms with Crippen LogP contribution in [0.1, 0.15) is 18.4 Å². The highest BCUT2D eigenvalue weighted by molar-refractivity contribution is 5.91. The van der Waals surface area contributed by atoms with E-state index < -0.39 is 0 Å². The molecular weight excluding hydrogens is 382 g/mol. The molecule has 30 heavy (non-hydrogen) atoms. The van der Waals surface area contributed by atoms with Gasteiger partial charge < -0.3 is 24.4 Å². The van der Waals surface area contributed by atoms with Gasteiger partial charge in [-0.25, -0.2) is 4.98 Å². The smallest absolute Gasteiger partial charge is 0.244 e. The van der Waals surface area contributed by atoms with Gasteiger partial charge in [-0.3, -0.25) is 4.79 Å². The first kappa shape index (κ1) is 21.5. The van der Waals surface area contributed by atoms with E-state index in [1.54, 1.807) is 39.5 Å². The molecule has 1 aromatic heterocycles. The van der Waals surface area contributed by atoms with Crippen LogP contribution in [-0.4, -0.2) is 51.9 Å². The highest BCUT2D eigenvalue weighted by Crippen LogP contribution is 2.38. The molecule has 1 fully saturated rings. The van der Waals surface area contributed by atoms with Crippen molar-refractivity contribution in [3.63, 3.8) is 0 Å². The van der Waals surface area contributed by atoms with Crippen molar-refractivity contribution in [1.29, 1.82) is 0 Å². The Labute approximate surface area is 177 Å². The van der Waals surface area contributed by atoms with Crippen molar-refractivity contribution in [3.05, 3.63) is 48.2 Å². The molecule has 2 heterocycles. The summed E-state index contributed by atoms with van der Waals surface area (Å²) in [6.07, 6.45) is 7.16. The number of hydrogen-bond acceptors (Lipinski definition) is 6. The third-order valence-corrected chi connectivity index (χ3v) is 5.27. The van der Waals surface area contributed by atoms with Crippen LogP contribution >= 0.6 is 0 Å². The highest BCUT2D eigenvalue weighted by Gasteiger charge is 2.20. The molecule has 1 aliphatic rings. The number of amides is 1. The minimum absolute atomic E-state index is 0.115. The number of carbonyl (C=O) groups is 1. The maximum atomic E-state index is 12.3. The van der Waals surface area contributed by atoms with Gasteiger partial charge in [0.1, 0.15) is 5.82 Å². The van der Waals surface area contributed by atoms with Crippen LogP contribution in [0.4, 0.5) is 5.82 Å². The second kappa shape index (κ2) is 10.5. The molecule has 0 bridgehead atoms. The molecule has 0 spiro atoms. The van der Waals surface area contributed by atoms with Gasteiger partial charge in [-0.2, -0.15) is 0 Å². The van der Waals surface area contributed by atoms with Gasteiger partial charge in [0, 0.05) is 31.9 Å². The van der Waals surface area contributed by atoms with Crippen molar-refractivity contribution in [1.82, 2.24) is 10.3 Å². The molecule has 1 aromatic carbocycles. The van der Waals surface area contributed by atoms with Crippen molar-refractivity contribution in [2.75, 3.05) is 45.9 Å². The maximum absolute atomic E-state index is 12.3. The van der Waals surface area contributed by atoms with E-state index in [2.05, 4.69) is 15.2 Å². The largest absolute Gasteiger partial charge is 0.493 e. The van der Waals surface area contributed by atoms with Crippen LogP contribution in [0.15, 0.2) is 42.6 Å². The Morgan fingerprint density at radius 2 is 1.83 bits per heavy atom. The Morgan fingerprint density at radius 3 is 2.40 bits per heavy atom.